The van der Waals surface area contributed by atoms with Gasteiger partial charge in [-0.15, -0.1) is 10.2 Å². The minimum atomic E-state index is -3.84. The molecular weight excluding hydrogens is 364 g/mol. The number of ether oxygens (including phenoxy) is 2. The molecule has 1 fully saturated rings. The molecule has 1 aliphatic heterocycles. The van der Waals surface area contributed by atoms with Gasteiger partial charge in [0.15, 0.2) is 0 Å². The Morgan fingerprint density at radius 3 is 2.92 bits per heavy atom. The number of rotatable bonds is 5. The Hall–Kier alpha value is -2.57. The first kappa shape index (κ1) is 18.2. The maximum Gasteiger partial charge on any atom is 0.254 e. The Kier molecular flexibility index (Phi) is 5.15. The van der Waals surface area contributed by atoms with E-state index < -0.39 is 22.0 Å². The number of aromatic amines is 1. The van der Waals surface area contributed by atoms with Crippen LogP contribution in [0, 0.1) is 0 Å². The summed E-state index contributed by atoms with van der Waals surface area (Å²) in [5.41, 5.74) is 0.138. The van der Waals surface area contributed by atoms with Crippen LogP contribution in [0.4, 0.5) is 0 Å². The van der Waals surface area contributed by atoms with Gasteiger partial charge in [-0.05, 0) is 18.2 Å². The number of morpholine rings is 1. The van der Waals surface area contributed by atoms with Crippen molar-refractivity contribution in [2.75, 3.05) is 33.9 Å². The van der Waals surface area contributed by atoms with Crippen molar-refractivity contribution < 1.29 is 22.7 Å². The molecule has 1 aromatic carbocycles. The van der Waals surface area contributed by atoms with Crippen LogP contribution in [0.1, 0.15) is 22.3 Å². The third kappa shape index (κ3) is 3.38. The number of hydrogen-bond donors (Lipinski definition) is 2. The molecule has 1 saturated heterocycles. The lowest BCUT2D eigenvalue weighted by Crippen LogP contribution is -2.42. The van der Waals surface area contributed by atoms with Crippen LogP contribution in [-0.2, 0) is 14.8 Å². The molecule has 2 aromatic rings. The summed E-state index contributed by atoms with van der Waals surface area (Å²) in [6, 6.07) is 4.15. The average Bonchev–Trinajstić information content (AvgIpc) is 3.21. The summed E-state index contributed by atoms with van der Waals surface area (Å²) in [4.78, 5) is 12.0. The average molecular weight is 382 g/mol. The number of H-pyrrole nitrogens is 1. The molecule has 140 valence electrons. The van der Waals surface area contributed by atoms with Crippen molar-refractivity contribution in [3.63, 3.8) is 0 Å². The molecule has 2 heterocycles. The van der Waals surface area contributed by atoms with Crippen molar-refractivity contribution in [3.8, 4) is 5.75 Å². The van der Waals surface area contributed by atoms with Crippen molar-refractivity contribution in [1.82, 2.24) is 30.2 Å². The van der Waals surface area contributed by atoms with Gasteiger partial charge in [0.25, 0.3) is 5.91 Å². The molecular formula is C14H18N6O5S. The maximum absolute atomic E-state index is 13.0. The molecule has 12 heteroatoms. The molecule has 11 nitrogen and oxygen atoms in total. The minimum absolute atomic E-state index is 0.00865. The van der Waals surface area contributed by atoms with Crippen molar-refractivity contribution in [2.45, 2.75) is 11.0 Å². The number of amides is 1. The van der Waals surface area contributed by atoms with Crippen LogP contribution >= 0.6 is 0 Å². The standard InChI is InChI=1S/C14H18N6O5S/c1-15-14(21)10-7-9(3-4-11(10)24-2)26(22,23)20-5-6-25-12(8-20)13-16-18-19-17-13/h3-4,7,12H,5-6,8H2,1-2H3,(H,15,21)(H,16,17,18,19). The van der Waals surface area contributed by atoms with Gasteiger partial charge in [-0.1, -0.05) is 5.21 Å². The summed E-state index contributed by atoms with van der Waals surface area (Å²) in [7, 11) is -0.975. The first-order valence-electron chi connectivity index (χ1n) is 7.72. The van der Waals surface area contributed by atoms with Gasteiger partial charge in [0.05, 0.1) is 24.2 Å². The van der Waals surface area contributed by atoms with Crippen LogP contribution < -0.4 is 10.1 Å². The summed E-state index contributed by atoms with van der Waals surface area (Å²) in [6.45, 7) is 0.415. The fourth-order valence-electron chi connectivity index (χ4n) is 2.61. The van der Waals surface area contributed by atoms with E-state index in [-0.39, 0.29) is 41.7 Å². The number of nitrogens with zero attached hydrogens (tertiary/aromatic N) is 4. The van der Waals surface area contributed by atoms with Gasteiger partial charge < -0.3 is 14.8 Å². The number of tetrazole rings is 1. The number of carbonyl (C=O) groups excluding carboxylic acids is 1. The zero-order valence-corrected chi connectivity index (χ0v) is 15.0. The topological polar surface area (TPSA) is 139 Å². The number of carbonyl (C=O) groups is 1. The van der Waals surface area contributed by atoms with Crippen LogP contribution in [0.25, 0.3) is 0 Å². The molecule has 1 unspecified atom stereocenters. The van der Waals surface area contributed by atoms with E-state index in [1.165, 1.54) is 36.7 Å². The molecule has 1 amide bonds. The number of sulfonamides is 1. The second kappa shape index (κ2) is 7.35. The SMILES string of the molecule is CNC(=O)c1cc(S(=O)(=O)N2CCOC(c3nn[nH]n3)C2)ccc1OC. The summed E-state index contributed by atoms with van der Waals surface area (Å²) < 4.78 is 37.9. The zero-order chi connectivity index (χ0) is 18.7. The van der Waals surface area contributed by atoms with E-state index in [9.17, 15) is 13.2 Å². The van der Waals surface area contributed by atoms with Crippen LogP contribution in [-0.4, -0.2) is 73.1 Å². The fourth-order valence-corrected chi connectivity index (χ4v) is 4.07. The lowest BCUT2D eigenvalue weighted by molar-refractivity contribution is -0.00750. The van der Waals surface area contributed by atoms with Gasteiger partial charge in [-0.25, -0.2) is 8.42 Å². The summed E-state index contributed by atoms with van der Waals surface area (Å²) in [5, 5.41) is 15.9. The van der Waals surface area contributed by atoms with E-state index in [1.54, 1.807) is 0 Å². The number of benzene rings is 1. The predicted molar refractivity (Wildman–Crippen MR) is 88.0 cm³/mol. The van der Waals surface area contributed by atoms with Crippen LogP contribution in [0.15, 0.2) is 23.1 Å². The van der Waals surface area contributed by atoms with E-state index in [4.69, 9.17) is 9.47 Å². The molecule has 0 bridgehead atoms. The molecule has 0 spiro atoms. The first-order valence-corrected chi connectivity index (χ1v) is 9.16. The van der Waals surface area contributed by atoms with Gasteiger partial charge in [-0.2, -0.15) is 9.52 Å². The van der Waals surface area contributed by atoms with Crippen molar-refractivity contribution in [1.29, 1.82) is 0 Å². The van der Waals surface area contributed by atoms with Crippen molar-refractivity contribution >= 4 is 15.9 Å². The van der Waals surface area contributed by atoms with Gasteiger partial charge >= 0.3 is 0 Å². The highest BCUT2D eigenvalue weighted by Crippen LogP contribution is 2.27. The van der Waals surface area contributed by atoms with E-state index in [2.05, 4.69) is 25.9 Å². The molecule has 0 radical (unpaired) electrons. The summed E-state index contributed by atoms with van der Waals surface area (Å²) in [6.07, 6.45) is -0.617. The molecule has 1 aliphatic rings. The molecule has 0 aliphatic carbocycles. The Labute approximate surface area is 149 Å². The van der Waals surface area contributed by atoms with Gasteiger partial charge in [0.2, 0.25) is 15.8 Å². The van der Waals surface area contributed by atoms with Gasteiger partial charge in [0, 0.05) is 20.1 Å². The molecule has 3 rings (SSSR count). The largest absolute Gasteiger partial charge is 0.496 e. The Balaban J connectivity index is 1.91. The lowest BCUT2D eigenvalue weighted by Gasteiger charge is -2.30. The normalized spacial score (nSPS) is 18.5. The van der Waals surface area contributed by atoms with Crippen LogP contribution in [0.2, 0.25) is 0 Å². The van der Waals surface area contributed by atoms with Crippen molar-refractivity contribution in [2.24, 2.45) is 0 Å². The Morgan fingerprint density at radius 2 is 2.27 bits per heavy atom. The fraction of sp³-hybridized carbons (Fsp3) is 0.429. The highest BCUT2D eigenvalue weighted by molar-refractivity contribution is 7.89. The smallest absolute Gasteiger partial charge is 0.254 e. The predicted octanol–water partition coefficient (Wildman–Crippen LogP) is -0.670. The minimum Gasteiger partial charge on any atom is -0.496 e. The molecule has 2 N–H and O–H groups in total. The second-order valence-electron chi connectivity index (χ2n) is 5.43. The number of aromatic nitrogens is 4. The van der Waals surface area contributed by atoms with Crippen LogP contribution in [0.3, 0.4) is 0 Å². The third-order valence-corrected chi connectivity index (χ3v) is 5.82. The quantitative estimate of drug-likeness (QED) is 0.694. The van der Waals surface area contributed by atoms with Gasteiger partial charge in [0.1, 0.15) is 11.9 Å². The third-order valence-electron chi connectivity index (χ3n) is 3.96. The molecule has 26 heavy (non-hydrogen) atoms. The molecule has 1 aromatic heterocycles. The molecule has 0 saturated carbocycles. The Bertz CT molecular complexity index is 885. The van der Waals surface area contributed by atoms with E-state index in [1.807, 2.05) is 0 Å². The number of hydrogen-bond acceptors (Lipinski definition) is 8. The molecule has 1 atom stereocenters. The maximum atomic E-state index is 13.0. The highest BCUT2D eigenvalue weighted by atomic mass is 32.2. The van der Waals surface area contributed by atoms with Crippen molar-refractivity contribution in [3.05, 3.63) is 29.6 Å². The monoisotopic (exact) mass is 382 g/mol. The Morgan fingerprint density at radius 1 is 1.46 bits per heavy atom. The number of methoxy groups -OCH3 is 1. The first-order chi connectivity index (χ1) is 12.5. The highest BCUT2D eigenvalue weighted by Gasteiger charge is 2.34. The van der Waals surface area contributed by atoms with Gasteiger partial charge in [-0.3, -0.25) is 4.79 Å². The number of nitrogens with one attached hydrogen (secondary N) is 2. The zero-order valence-electron chi connectivity index (χ0n) is 14.2. The second-order valence-corrected chi connectivity index (χ2v) is 7.37. The van der Waals surface area contributed by atoms with E-state index in [0.29, 0.717) is 0 Å². The van der Waals surface area contributed by atoms with E-state index in [0.717, 1.165) is 0 Å². The van der Waals surface area contributed by atoms with E-state index >= 15 is 0 Å². The lowest BCUT2D eigenvalue weighted by atomic mass is 10.2. The van der Waals surface area contributed by atoms with Crippen LogP contribution in [0.5, 0.6) is 5.75 Å². The summed E-state index contributed by atoms with van der Waals surface area (Å²) >= 11 is 0. The summed E-state index contributed by atoms with van der Waals surface area (Å²) in [5.74, 6) is 0.131.